The molecule has 1 aliphatic carbocycles. The van der Waals surface area contributed by atoms with Gasteiger partial charge in [0.05, 0.1) is 0 Å². The minimum absolute atomic E-state index is 0.0564. The van der Waals surface area contributed by atoms with Gasteiger partial charge >= 0.3 is 0 Å². The van der Waals surface area contributed by atoms with Gasteiger partial charge in [0.15, 0.2) is 0 Å². The number of rotatable bonds is 3. The summed E-state index contributed by atoms with van der Waals surface area (Å²) in [4.78, 5) is 0. The van der Waals surface area contributed by atoms with E-state index in [4.69, 9.17) is 5.73 Å². The molecule has 1 unspecified atom stereocenters. The van der Waals surface area contributed by atoms with E-state index in [2.05, 4.69) is 11.6 Å². The number of hydrogen-bond acceptors (Lipinski definition) is 3. The average Bonchev–Trinajstić information content (AvgIpc) is 2.49. The molecule has 0 aromatic heterocycles. The largest absolute Gasteiger partial charge is 0.328 e. The van der Waals surface area contributed by atoms with E-state index in [-0.39, 0.29) is 12.1 Å². The third kappa shape index (κ3) is 2.50. The van der Waals surface area contributed by atoms with Crippen LogP contribution < -0.4 is 10.5 Å². The third-order valence-electron chi connectivity index (χ3n) is 3.22. The van der Waals surface area contributed by atoms with Crippen molar-refractivity contribution in [3.8, 4) is 0 Å². The molecule has 1 aliphatic heterocycles. The lowest BCUT2D eigenvalue weighted by Crippen LogP contribution is -2.53. The number of hydrogen-bond donors (Lipinski definition) is 2. The molecule has 3 N–H and O–H groups in total. The van der Waals surface area contributed by atoms with Crippen LogP contribution in [0.5, 0.6) is 0 Å². The summed E-state index contributed by atoms with van der Waals surface area (Å²) >= 11 is 0. The minimum Gasteiger partial charge on any atom is -0.328 e. The van der Waals surface area contributed by atoms with E-state index in [1.54, 1.807) is 4.31 Å². The van der Waals surface area contributed by atoms with E-state index in [0.717, 1.165) is 19.3 Å². The van der Waals surface area contributed by atoms with Crippen molar-refractivity contribution in [1.82, 2.24) is 9.03 Å². The second-order valence-corrected chi connectivity index (χ2v) is 6.51. The highest BCUT2D eigenvalue weighted by Gasteiger charge is 2.34. The number of nitrogens with two attached hydrogens (primary N) is 1. The molecule has 0 bridgehead atoms. The fourth-order valence-electron chi connectivity index (χ4n) is 2.16. The summed E-state index contributed by atoms with van der Waals surface area (Å²) in [5, 5.41) is 0. The smallest absolute Gasteiger partial charge is 0.279 e. The third-order valence-corrected chi connectivity index (χ3v) is 4.86. The van der Waals surface area contributed by atoms with E-state index in [9.17, 15) is 8.42 Å². The first-order valence-corrected chi connectivity index (χ1v) is 6.94. The molecule has 1 saturated carbocycles. The van der Waals surface area contributed by atoms with Gasteiger partial charge in [0.25, 0.3) is 10.2 Å². The Balaban J connectivity index is 1.89. The Kier molecular flexibility index (Phi) is 3.03. The molecule has 88 valence electrons. The van der Waals surface area contributed by atoms with Crippen LogP contribution in [0.4, 0.5) is 0 Å². The van der Waals surface area contributed by atoms with Crippen LogP contribution in [-0.2, 0) is 10.2 Å². The maximum absolute atomic E-state index is 11.9. The van der Waals surface area contributed by atoms with Crippen molar-refractivity contribution < 1.29 is 8.42 Å². The fraction of sp³-hybridized carbons (Fsp3) is 1.00. The van der Waals surface area contributed by atoms with Crippen molar-refractivity contribution in [2.75, 3.05) is 13.1 Å². The molecule has 0 aromatic carbocycles. The summed E-state index contributed by atoms with van der Waals surface area (Å²) in [6.45, 7) is 3.37. The number of nitrogens with zero attached hydrogens (tertiary/aromatic N) is 1. The first kappa shape index (κ1) is 11.3. The molecule has 6 heteroatoms. The summed E-state index contributed by atoms with van der Waals surface area (Å²) in [5.74, 6) is 0.477. The lowest BCUT2D eigenvalue weighted by atomic mass is 9.89. The van der Waals surface area contributed by atoms with Crippen LogP contribution >= 0.6 is 0 Å². The lowest BCUT2D eigenvalue weighted by molar-refractivity contribution is 0.318. The van der Waals surface area contributed by atoms with Gasteiger partial charge < -0.3 is 5.73 Å². The van der Waals surface area contributed by atoms with Gasteiger partial charge in [-0.05, 0) is 25.2 Å². The average molecular weight is 233 g/mol. The summed E-state index contributed by atoms with van der Waals surface area (Å²) in [6, 6.07) is 0.233. The molecule has 1 heterocycles. The molecule has 15 heavy (non-hydrogen) atoms. The normalized spacial score (nSPS) is 37.9. The van der Waals surface area contributed by atoms with Crippen LogP contribution in [0.2, 0.25) is 0 Å². The topological polar surface area (TPSA) is 75.4 Å². The van der Waals surface area contributed by atoms with Gasteiger partial charge in [-0.15, -0.1) is 0 Å². The van der Waals surface area contributed by atoms with Crippen molar-refractivity contribution in [2.24, 2.45) is 11.7 Å². The number of nitrogens with one attached hydrogen (secondary N) is 1. The molecule has 5 nitrogen and oxygen atoms in total. The van der Waals surface area contributed by atoms with Gasteiger partial charge in [-0.3, -0.25) is 0 Å². The highest BCUT2D eigenvalue weighted by Crippen LogP contribution is 2.22. The monoisotopic (exact) mass is 233 g/mol. The van der Waals surface area contributed by atoms with E-state index < -0.39 is 10.2 Å². The summed E-state index contributed by atoms with van der Waals surface area (Å²) < 4.78 is 28.0. The van der Waals surface area contributed by atoms with E-state index >= 15 is 0 Å². The molecular weight excluding hydrogens is 214 g/mol. The van der Waals surface area contributed by atoms with Gasteiger partial charge in [-0.1, -0.05) is 6.92 Å². The zero-order chi connectivity index (χ0) is 11.1. The Hall–Kier alpha value is -0.170. The zero-order valence-corrected chi connectivity index (χ0v) is 9.83. The molecule has 1 saturated heterocycles. The second-order valence-electron chi connectivity index (χ2n) is 4.80. The van der Waals surface area contributed by atoms with Gasteiger partial charge in [-0.25, -0.2) is 0 Å². The van der Waals surface area contributed by atoms with Crippen LogP contribution in [0.15, 0.2) is 0 Å². The summed E-state index contributed by atoms with van der Waals surface area (Å²) in [5.41, 5.74) is 5.61. The SMILES string of the molecule is CC1CCN(S(=O)(=O)NC2CC(N)C2)C1. The summed E-state index contributed by atoms with van der Waals surface area (Å²) in [7, 11) is -3.25. The minimum atomic E-state index is -3.25. The molecule has 0 aromatic rings. The van der Waals surface area contributed by atoms with E-state index in [1.807, 2.05) is 0 Å². The molecule has 2 aliphatic rings. The second kappa shape index (κ2) is 4.01. The molecule has 0 radical (unpaired) electrons. The fourth-order valence-corrected chi connectivity index (χ4v) is 3.72. The van der Waals surface area contributed by atoms with Gasteiger partial charge in [0.1, 0.15) is 0 Å². The first-order chi connectivity index (χ1) is 6.97. The van der Waals surface area contributed by atoms with Crippen molar-refractivity contribution in [1.29, 1.82) is 0 Å². The maximum Gasteiger partial charge on any atom is 0.279 e. The molecule has 1 atom stereocenters. The van der Waals surface area contributed by atoms with Crippen LogP contribution in [0.1, 0.15) is 26.2 Å². The highest BCUT2D eigenvalue weighted by molar-refractivity contribution is 7.87. The van der Waals surface area contributed by atoms with Crippen LogP contribution in [0.3, 0.4) is 0 Å². The van der Waals surface area contributed by atoms with Crippen LogP contribution in [0, 0.1) is 5.92 Å². The zero-order valence-electron chi connectivity index (χ0n) is 9.02. The van der Waals surface area contributed by atoms with Crippen LogP contribution in [-0.4, -0.2) is 37.9 Å². The first-order valence-electron chi connectivity index (χ1n) is 5.50. The predicted molar refractivity (Wildman–Crippen MR) is 58.4 cm³/mol. The molecule has 2 fully saturated rings. The highest BCUT2D eigenvalue weighted by atomic mass is 32.2. The standard InChI is InChI=1S/C9H19N3O2S/c1-7-2-3-12(6-7)15(13,14)11-9-4-8(10)5-9/h7-9,11H,2-6,10H2,1H3. The Labute approximate surface area is 91.2 Å². The van der Waals surface area contributed by atoms with Crippen molar-refractivity contribution in [2.45, 2.75) is 38.3 Å². The lowest BCUT2D eigenvalue weighted by Gasteiger charge is -2.33. The Morgan fingerprint density at radius 2 is 2.07 bits per heavy atom. The van der Waals surface area contributed by atoms with Crippen LogP contribution in [0.25, 0.3) is 0 Å². The maximum atomic E-state index is 11.9. The van der Waals surface area contributed by atoms with E-state index in [0.29, 0.717) is 19.0 Å². The molecule has 0 amide bonds. The van der Waals surface area contributed by atoms with Crippen molar-refractivity contribution >= 4 is 10.2 Å². The quantitative estimate of drug-likeness (QED) is 0.700. The molecule has 0 spiro atoms. The predicted octanol–water partition coefficient (Wildman–Crippen LogP) is -0.348. The Bertz CT molecular complexity index is 324. The van der Waals surface area contributed by atoms with E-state index in [1.165, 1.54) is 0 Å². The summed E-state index contributed by atoms with van der Waals surface area (Å²) in [6.07, 6.45) is 2.50. The van der Waals surface area contributed by atoms with Crippen molar-refractivity contribution in [3.05, 3.63) is 0 Å². The van der Waals surface area contributed by atoms with Gasteiger partial charge in [0.2, 0.25) is 0 Å². The molecule has 2 rings (SSSR count). The Morgan fingerprint density at radius 3 is 2.53 bits per heavy atom. The molecular formula is C9H19N3O2S. The Morgan fingerprint density at radius 1 is 1.40 bits per heavy atom. The van der Waals surface area contributed by atoms with Gasteiger partial charge in [-0.2, -0.15) is 17.4 Å². The van der Waals surface area contributed by atoms with Crippen molar-refractivity contribution in [3.63, 3.8) is 0 Å². The van der Waals surface area contributed by atoms with Gasteiger partial charge in [0, 0.05) is 25.2 Å².